The summed E-state index contributed by atoms with van der Waals surface area (Å²) in [4.78, 5) is 22.1. The summed E-state index contributed by atoms with van der Waals surface area (Å²) < 4.78 is 10.0. The van der Waals surface area contributed by atoms with Crippen molar-refractivity contribution < 1.29 is 19.1 Å². The highest BCUT2D eigenvalue weighted by molar-refractivity contribution is 5.68. The maximum atomic E-state index is 11.1. The lowest BCUT2D eigenvalue weighted by Gasteiger charge is -2.17. The van der Waals surface area contributed by atoms with E-state index in [0.717, 1.165) is 24.8 Å². The number of unbranched alkanes of at least 4 members (excludes halogenated alkanes) is 1. The fourth-order valence-electron chi connectivity index (χ4n) is 1.74. The van der Waals surface area contributed by atoms with Crippen LogP contribution in [0.1, 0.15) is 51.0 Å². The van der Waals surface area contributed by atoms with Crippen LogP contribution in [0.2, 0.25) is 0 Å². The van der Waals surface area contributed by atoms with E-state index in [9.17, 15) is 9.59 Å². The molecule has 0 atom stereocenters. The van der Waals surface area contributed by atoms with Gasteiger partial charge in [-0.25, -0.2) is 0 Å². The van der Waals surface area contributed by atoms with Crippen molar-refractivity contribution in [2.45, 2.75) is 46.3 Å². The quantitative estimate of drug-likeness (QED) is 0.585. The lowest BCUT2D eigenvalue weighted by atomic mass is 10.1. The summed E-state index contributed by atoms with van der Waals surface area (Å²) >= 11 is 0. The van der Waals surface area contributed by atoms with E-state index in [1.54, 1.807) is 6.07 Å². The molecule has 0 bridgehead atoms. The van der Waals surface area contributed by atoms with E-state index in [4.69, 9.17) is 9.47 Å². The summed E-state index contributed by atoms with van der Waals surface area (Å²) in [5.74, 6) is -0.963. The van der Waals surface area contributed by atoms with Gasteiger partial charge in [-0.1, -0.05) is 31.5 Å². The Kier molecular flexibility index (Phi) is 6.06. The zero-order chi connectivity index (χ0) is 14.3. The largest absolute Gasteiger partial charge is 0.421 e. The summed E-state index contributed by atoms with van der Waals surface area (Å²) in [5, 5.41) is 0. The van der Waals surface area contributed by atoms with E-state index in [1.807, 2.05) is 18.2 Å². The Hall–Kier alpha value is -1.84. The standard InChI is InChI=1S/C15H20O4/c1-4-5-7-13-8-6-9-14(10-13)15(18-11(2)16)19-12(3)17/h6,8-10,15H,4-5,7H2,1-3H3. The van der Waals surface area contributed by atoms with Gasteiger partial charge in [-0.15, -0.1) is 0 Å². The maximum Gasteiger partial charge on any atom is 0.305 e. The summed E-state index contributed by atoms with van der Waals surface area (Å²) in [7, 11) is 0. The van der Waals surface area contributed by atoms with Crippen molar-refractivity contribution >= 4 is 11.9 Å². The van der Waals surface area contributed by atoms with Gasteiger partial charge in [0.05, 0.1) is 0 Å². The number of esters is 2. The monoisotopic (exact) mass is 264 g/mol. The zero-order valence-electron chi connectivity index (χ0n) is 11.6. The van der Waals surface area contributed by atoms with E-state index in [1.165, 1.54) is 13.8 Å². The average molecular weight is 264 g/mol. The fraction of sp³-hybridized carbons (Fsp3) is 0.467. The van der Waals surface area contributed by atoms with Crippen LogP contribution in [-0.4, -0.2) is 11.9 Å². The molecule has 0 fully saturated rings. The molecule has 0 unspecified atom stereocenters. The van der Waals surface area contributed by atoms with Crippen LogP contribution in [0.4, 0.5) is 0 Å². The molecule has 0 heterocycles. The Balaban J connectivity index is 2.87. The maximum absolute atomic E-state index is 11.1. The molecule has 4 heteroatoms. The second-order valence-electron chi connectivity index (χ2n) is 4.40. The second kappa shape index (κ2) is 7.56. The molecule has 19 heavy (non-hydrogen) atoms. The predicted molar refractivity (Wildman–Crippen MR) is 71.3 cm³/mol. The van der Waals surface area contributed by atoms with Crippen LogP contribution in [0, 0.1) is 0 Å². The average Bonchev–Trinajstić information content (AvgIpc) is 2.35. The van der Waals surface area contributed by atoms with Crippen molar-refractivity contribution in [3.05, 3.63) is 35.4 Å². The molecule has 0 aliphatic rings. The van der Waals surface area contributed by atoms with E-state index >= 15 is 0 Å². The molecule has 0 saturated heterocycles. The van der Waals surface area contributed by atoms with Gasteiger partial charge in [0.25, 0.3) is 6.29 Å². The van der Waals surface area contributed by atoms with Gasteiger partial charge >= 0.3 is 11.9 Å². The van der Waals surface area contributed by atoms with E-state index < -0.39 is 18.2 Å². The first-order valence-corrected chi connectivity index (χ1v) is 6.46. The summed E-state index contributed by atoms with van der Waals surface area (Å²) in [6.07, 6.45) is 2.20. The predicted octanol–water partition coefficient (Wildman–Crippen LogP) is 3.15. The second-order valence-corrected chi connectivity index (χ2v) is 4.40. The Labute approximate surface area is 113 Å². The van der Waals surface area contributed by atoms with Crippen LogP contribution in [0.15, 0.2) is 24.3 Å². The van der Waals surface area contributed by atoms with E-state index in [0.29, 0.717) is 5.56 Å². The van der Waals surface area contributed by atoms with Crippen molar-refractivity contribution in [1.29, 1.82) is 0 Å². The molecule has 0 aromatic heterocycles. The number of ether oxygens (including phenoxy) is 2. The Morgan fingerprint density at radius 1 is 1.16 bits per heavy atom. The third kappa shape index (κ3) is 5.55. The molecule has 1 aromatic carbocycles. The van der Waals surface area contributed by atoms with Crippen molar-refractivity contribution in [2.75, 3.05) is 0 Å². The third-order valence-electron chi connectivity index (χ3n) is 2.59. The molecule has 0 aliphatic heterocycles. The van der Waals surface area contributed by atoms with Gasteiger partial charge in [-0.05, 0) is 24.5 Å². The van der Waals surface area contributed by atoms with E-state index in [2.05, 4.69) is 6.92 Å². The van der Waals surface area contributed by atoms with Crippen molar-refractivity contribution in [3.8, 4) is 0 Å². The molecule has 0 radical (unpaired) electrons. The molecule has 0 spiro atoms. The van der Waals surface area contributed by atoms with E-state index in [-0.39, 0.29) is 0 Å². The highest BCUT2D eigenvalue weighted by Crippen LogP contribution is 2.21. The third-order valence-corrected chi connectivity index (χ3v) is 2.59. The molecule has 104 valence electrons. The SMILES string of the molecule is CCCCc1cccc(C(OC(C)=O)OC(C)=O)c1. The first-order valence-electron chi connectivity index (χ1n) is 6.46. The Morgan fingerprint density at radius 2 is 1.79 bits per heavy atom. The Bertz CT molecular complexity index is 424. The number of hydrogen-bond acceptors (Lipinski definition) is 4. The van der Waals surface area contributed by atoms with Gasteiger partial charge in [-0.2, -0.15) is 0 Å². The number of carbonyl (C=O) groups is 2. The fourth-order valence-corrected chi connectivity index (χ4v) is 1.74. The van der Waals surface area contributed by atoms with Crippen molar-refractivity contribution in [3.63, 3.8) is 0 Å². The van der Waals surface area contributed by atoms with Gasteiger partial charge in [-0.3, -0.25) is 9.59 Å². The zero-order valence-corrected chi connectivity index (χ0v) is 11.6. The molecular weight excluding hydrogens is 244 g/mol. The molecule has 0 amide bonds. The van der Waals surface area contributed by atoms with Crippen LogP contribution in [0.3, 0.4) is 0 Å². The molecule has 0 N–H and O–H groups in total. The highest BCUT2D eigenvalue weighted by Gasteiger charge is 2.18. The van der Waals surface area contributed by atoms with Crippen molar-refractivity contribution in [1.82, 2.24) is 0 Å². The summed E-state index contributed by atoms with van der Waals surface area (Å²) in [6, 6.07) is 7.58. The van der Waals surface area contributed by atoms with Crippen LogP contribution < -0.4 is 0 Å². The first kappa shape index (κ1) is 15.2. The smallest absolute Gasteiger partial charge is 0.305 e. The normalized spacial score (nSPS) is 10.3. The molecule has 1 rings (SSSR count). The number of aryl methyl sites for hydroxylation is 1. The summed E-state index contributed by atoms with van der Waals surface area (Å²) in [5.41, 5.74) is 1.82. The minimum Gasteiger partial charge on any atom is -0.421 e. The molecular formula is C15H20O4. The minimum absolute atomic E-state index is 0.481. The van der Waals surface area contributed by atoms with Gasteiger partial charge < -0.3 is 9.47 Å². The number of hydrogen-bond donors (Lipinski definition) is 0. The molecule has 1 aromatic rings. The van der Waals surface area contributed by atoms with Crippen LogP contribution in [0.5, 0.6) is 0 Å². The topological polar surface area (TPSA) is 52.6 Å². The van der Waals surface area contributed by atoms with Gasteiger partial charge in [0, 0.05) is 19.4 Å². The molecule has 4 nitrogen and oxygen atoms in total. The van der Waals surface area contributed by atoms with Gasteiger partial charge in [0.15, 0.2) is 0 Å². The van der Waals surface area contributed by atoms with Gasteiger partial charge in [0.1, 0.15) is 0 Å². The van der Waals surface area contributed by atoms with Crippen molar-refractivity contribution in [2.24, 2.45) is 0 Å². The Morgan fingerprint density at radius 3 is 2.32 bits per heavy atom. The number of rotatable bonds is 6. The molecule has 0 saturated carbocycles. The summed E-state index contributed by atoms with van der Waals surface area (Å²) in [6.45, 7) is 4.71. The first-order chi connectivity index (χ1) is 9.02. The van der Waals surface area contributed by atoms with Crippen LogP contribution in [-0.2, 0) is 25.5 Å². The van der Waals surface area contributed by atoms with Crippen LogP contribution in [0.25, 0.3) is 0 Å². The van der Waals surface area contributed by atoms with Crippen LogP contribution >= 0.6 is 0 Å². The highest BCUT2D eigenvalue weighted by atomic mass is 16.7. The number of carbonyl (C=O) groups excluding carboxylic acids is 2. The lowest BCUT2D eigenvalue weighted by molar-refractivity contribution is -0.186. The number of benzene rings is 1. The lowest BCUT2D eigenvalue weighted by Crippen LogP contribution is -2.15. The minimum atomic E-state index is -0.962. The molecule has 0 aliphatic carbocycles. The van der Waals surface area contributed by atoms with Gasteiger partial charge in [0.2, 0.25) is 0 Å².